The molecule has 0 atom stereocenters. The molecule has 0 aliphatic heterocycles. The molecule has 0 bridgehead atoms. The van der Waals surface area contributed by atoms with Crippen molar-refractivity contribution in [2.45, 2.75) is 15.1 Å². The third-order valence-electron chi connectivity index (χ3n) is 2.05. The number of nitrogens with two attached hydrogens (primary N) is 1. The van der Waals surface area contributed by atoms with E-state index in [2.05, 4.69) is 15.4 Å². The van der Waals surface area contributed by atoms with Gasteiger partial charge in [-0.15, -0.1) is 0 Å². The Morgan fingerprint density at radius 1 is 1.22 bits per heavy atom. The summed E-state index contributed by atoms with van der Waals surface area (Å²) < 4.78 is 0. The number of hydrogen-bond donors (Lipinski definition) is 2. The second kappa shape index (κ2) is 6.29. The number of rotatable bonds is 4. The molecule has 7 heteroatoms. The summed E-state index contributed by atoms with van der Waals surface area (Å²) in [4.78, 5) is 9.67. The van der Waals surface area contributed by atoms with E-state index >= 15 is 0 Å². The summed E-state index contributed by atoms with van der Waals surface area (Å²) in [6, 6.07) is 9.40. The maximum absolute atomic E-state index is 5.85. The molecule has 1 aromatic heterocycles. The van der Waals surface area contributed by atoms with E-state index in [0.29, 0.717) is 11.0 Å². The van der Waals surface area contributed by atoms with Crippen LogP contribution in [0.25, 0.3) is 0 Å². The second-order valence-electron chi connectivity index (χ2n) is 3.28. The van der Waals surface area contributed by atoms with Crippen molar-refractivity contribution in [2.24, 2.45) is 5.84 Å². The maximum Gasteiger partial charge on any atom is 0.190 e. The van der Waals surface area contributed by atoms with Gasteiger partial charge in [-0.05, 0) is 30.5 Å². The summed E-state index contributed by atoms with van der Waals surface area (Å²) in [5.74, 6) is 5.98. The van der Waals surface area contributed by atoms with Crippen molar-refractivity contribution in [3.63, 3.8) is 0 Å². The molecule has 2 rings (SSSR count). The lowest BCUT2D eigenvalue weighted by Crippen LogP contribution is -2.09. The summed E-state index contributed by atoms with van der Waals surface area (Å²) in [6.07, 6.45) is 1.92. The molecule has 94 valence electrons. The Morgan fingerprint density at radius 3 is 2.56 bits per heavy atom. The van der Waals surface area contributed by atoms with Gasteiger partial charge in [0, 0.05) is 16.0 Å². The number of nitrogen functional groups attached to an aromatic ring is 1. The molecule has 0 aliphatic carbocycles. The van der Waals surface area contributed by atoms with E-state index in [0.717, 1.165) is 14.9 Å². The Hall–Kier alpha value is -0.950. The van der Waals surface area contributed by atoms with E-state index in [4.69, 9.17) is 17.4 Å². The minimum Gasteiger partial charge on any atom is -0.308 e. The SMILES string of the molecule is CSc1nc(NN)cc(Sc2ccc(Cl)cc2)n1. The van der Waals surface area contributed by atoms with Crippen LogP contribution in [0.1, 0.15) is 0 Å². The van der Waals surface area contributed by atoms with Crippen molar-refractivity contribution in [3.05, 3.63) is 35.4 Å². The quantitative estimate of drug-likeness (QED) is 0.297. The summed E-state index contributed by atoms with van der Waals surface area (Å²) in [5.41, 5.74) is 2.54. The van der Waals surface area contributed by atoms with Gasteiger partial charge in [0.05, 0.1) is 0 Å². The fourth-order valence-electron chi connectivity index (χ4n) is 1.24. The number of thioether (sulfide) groups is 1. The van der Waals surface area contributed by atoms with Crippen molar-refractivity contribution in [2.75, 3.05) is 11.7 Å². The van der Waals surface area contributed by atoms with E-state index in [1.54, 1.807) is 6.07 Å². The van der Waals surface area contributed by atoms with Gasteiger partial charge in [0.2, 0.25) is 0 Å². The van der Waals surface area contributed by atoms with E-state index in [-0.39, 0.29) is 0 Å². The van der Waals surface area contributed by atoms with Crippen LogP contribution in [0.15, 0.2) is 45.4 Å². The summed E-state index contributed by atoms with van der Waals surface area (Å²) in [7, 11) is 0. The first-order valence-electron chi connectivity index (χ1n) is 5.04. The van der Waals surface area contributed by atoms with E-state index in [9.17, 15) is 0 Å². The molecule has 0 saturated heterocycles. The number of hydrazine groups is 1. The molecule has 0 saturated carbocycles. The Morgan fingerprint density at radius 2 is 1.94 bits per heavy atom. The highest BCUT2D eigenvalue weighted by molar-refractivity contribution is 7.99. The summed E-state index contributed by atoms with van der Waals surface area (Å²) in [5, 5.41) is 2.24. The van der Waals surface area contributed by atoms with Gasteiger partial charge in [-0.25, -0.2) is 15.8 Å². The van der Waals surface area contributed by atoms with E-state index in [1.165, 1.54) is 23.5 Å². The van der Waals surface area contributed by atoms with Crippen LogP contribution in [0.5, 0.6) is 0 Å². The Kier molecular flexibility index (Phi) is 4.71. The van der Waals surface area contributed by atoms with E-state index in [1.807, 2.05) is 30.5 Å². The minimum absolute atomic E-state index is 0.603. The fourth-order valence-corrected chi connectivity index (χ4v) is 2.62. The van der Waals surface area contributed by atoms with Crippen LogP contribution < -0.4 is 11.3 Å². The van der Waals surface area contributed by atoms with Crippen LogP contribution in [0.2, 0.25) is 5.02 Å². The molecule has 0 fully saturated rings. The van der Waals surface area contributed by atoms with Crippen LogP contribution in [0, 0.1) is 0 Å². The average molecular weight is 299 g/mol. The smallest absolute Gasteiger partial charge is 0.190 e. The Bertz CT molecular complexity index is 511. The molecule has 1 heterocycles. The molecule has 3 N–H and O–H groups in total. The highest BCUT2D eigenvalue weighted by Crippen LogP contribution is 2.29. The third kappa shape index (κ3) is 3.52. The Labute approximate surface area is 119 Å². The van der Waals surface area contributed by atoms with Gasteiger partial charge in [0.25, 0.3) is 0 Å². The first kappa shape index (κ1) is 13.5. The lowest BCUT2D eigenvalue weighted by molar-refractivity contribution is 0.893. The zero-order chi connectivity index (χ0) is 13.0. The van der Waals surface area contributed by atoms with E-state index < -0.39 is 0 Å². The van der Waals surface area contributed by atoms with Gasteiger partial charge < -0.3 is 5.43 Å². The van der Waals surface area contributed by atoms with Crippen LogP contribution in [-0.4, -0.2) is 16.2 Å². The number of benzene rings is 1. The van der Waals surface area contributed by atoms with Gasteiger partial charge >= 0.3 is 0 Å². The molecular formula is C11H11ClN4S2. The summed E-state index contributed by atoms with van der Waals surface area (Å²) >= 11 is 8.86. The molecule has 18 heavy (non-hydrogen) atoms. The number of nitrogens with zero attached hydrogens (tertiary/aromatic N) is 2. The van der Waals surface area contributed by atoms with Crippen molar-refractivity contribution in [1.29, 1.82) is 0 Å². The van der Waals surface area contributed by atoms with Crippen molar-refractivity contribution < 1.29 is 0 Å². The monoisotopic (exact) mass is 298 g/mol. The molecule has 4 nitrogen and oxygen atoms in total. The zero-order valence-electron chi connectivity index (χ0n) is 9.55. The number of aromatic nitrogens is 2. The standard InChI is InChI=1S/C11H11ClN4S2/c1-17-11-14-9(16-13)6-10(15-11)18-8-4-2-7(12)3-5-8/h2-6H,13H2,1H3,(H,14,15,16). The molecule has 0 unspecified atom stereocenters. The molecule has 0 spiro atoms. The van der Waals surface area contributed by atoms with Gasteiger partial charge in [-0.3, -0.25) is 0 Å². The second-order valence-corrected chi connectivity index (χ2v) is 5.58. The minimum atomic E-state index is 0.603. The fraction of sp³-hybridized carbons (Fsp3) is 0.0909. The predicted molar refractivity (Wildman–Crippen MR) is 77.2 cm³/mol. The van der Waals surface area contributed by atoms with Crippen LogP contribution in [-0.2, 0) is 0 Å². The molecule has 1 aromatic carbocycles. The molecular weight excluding hydrogens is 288 g/mol. The van der Waals surface area contributed by atoms with Gasteiger partial charge in [0.15, 0.2) is 5.16 Å². The first-order chi connectivity index (χ1) is 8.71. The lowest BCUT2D eigenvalue weighted by Gasteiger charge is -2.05. The number of nitrogens with one attached hydrogen (secondary N) is 1. The summed E-state index contributed by atoms with van der Waals surface area (Å²) in [6.45, 7) is 0. The number of hydrogen-bond acceptors (Lipinski definition) is 6. The maximum atomic E-state index is 5.85. The van der Waals surface area contributed by atoms with Crippen molar-refractivity contribution in [3.8, 4) is 0 Å². The van der Waals surface area contributed by atoms with Gasteiger partial charge in [0.1, 0.15) is 10.8 Å². The van der Waals surface area contributed by atoms with Crippen LogP contribution >= 0.6 is 35.1 Å². The Balaban J connectivity index is 2.25. The molecule has 0 aliphatic rings. The molecule has 0 radical (unpaired) electrons. The number of anilines is 1. The largest absolute Gasteiger partial charge is 0.308 e. The van der Waals surface area contributed by atoms with Crippen LogP contribution in [0.3, 0.4) is 0 Å². The van der Waals surface area contributed by atoms with Crippen LogP contribution in [0.4, 0.5) is 5.82 Å². The van der Waals surface area contributed by atoms with Crippen molar-refractivity contribution >= 4 is 40.9 Å². The molecule has 2 aromatic rings. The lowest BCUT2D eigenvalue weighted by atomic mass is 10.4. The highest BCUT2D eigenvalue weighted by atomic mass is 35.5. The third-order valence-corrected chi connectivity index (χ3v) is 3.77. The highest BCUT2D eigenvalue weighted by Gasteiger charge is 2.05. The first-order valence-corrected chi connectivity index (χ1v) is 7.46. The zero-order valence-corrected chi connectivity index (χ0v) is 11.9. The van der Waals surface area contributed by atoms with Gasteiger partial charge in [-0.2, -0.15) is 0 Å². The molecule has 0 amide bonds. The predicted octanol–water partition coefficient (Wildman–Crippen LogP) is 3.29. The number of halogens is 1. The van der Waals surface area contributed by atoms with Crippen molar-refractivity contribution in [1.82, 2.24) is 9.97 Å². The average Bonchev–Trinajstić information content (AvgIpc) is 2.41. The van der Waals surface area contributed by atoms with Gasteiger partial charge in [-0.1, -0.05) is 35.1 Å². The topological polar surface area (TPSA) is 63.8 Å². The normalized spacial score (nSPS) is 10.4.